The first kappa shape index (κ1) is 19.5. The first-order chi connectivity index (χ1) is 15.0. The standard InChI is InChI=1S/C22H26N8O/c1-14-15(2)25-21(12-23-14)26-20-10-18-9-16(5-8-30(18)27-20)22-19(11-24-29(22)4)31-13-17-6-7-28(17)3/h5,8-12,17H,6-7,13H2,1-4H3,(H,25,26,27)/t17-/m1/s1. The molecule has 9 nitrogen and oxygen atoms in total. The number of hydrogen-bond donors (Lipinski definition) is 1. The Morgan fingerprint density at radius 3 is 2.74 bits per heavy atom. The predicted octanol–water partition coefficient (Wildman–Crippen LogP) is 2.97. The van der Waals surface area contributed by atoms with Gasteiger partial charge in [-0.3, -0.25) is 14.6 Å². The number of pyridine rings is 1. The number of nitrogens with zero attached hydrogens (tertiary/aromatic N) is 7. The predicted molar refractivity (Wildman–Crippen MR) is 119 cm³/mol. The van der Waals surface area contributed by atoms with Crippen LogP contribution in [0.2, 0.25) is 0 Å². The van der Waals surface area contributed by atoms with Crippen molar-refractivity contribution in [3.8, 4) is 17.0 Å². The Morgan fingerprint density at radius 2 is 2.00 bits per heavy atom. The van der Waals surface area contributed by atoms with Crippen LogP contribution in [0.15, 0.2) is 36.8 Å². The van der Waals surface area contributed by atoms with Gasteiger partial charge in [0.05, 0.1) is 29.3 Å². The number of fused-ring (bicyclic) bond motifs is 1. The number of rotatable bonds is 6. The molecule has 1 fully saturated rings. The van der Waals surface area contributed by atoms with Crippen LogP contribution in [0.1, 0.15) is 17.8 Å². The van der Waals surface area contributed by atoms with Crippen LogP contribution < -0.4 is 10.1 Å². The number of anilines is 2. The van der Waals surface area contributed by atoms with E-state index in [1.807, 2.05) is 48.4 Å². The van der Waals surface area contributed by atoms with E-state index in [4.69, 9.17) is 4.74 Å². The quantitative estimate of drug-likeness (QED) is 0.515. The number of hydrogen-bond acceptors (Lipinski definition) is 7. The van der Waals surface area contributed by atoms with Crippen molar-refractivity contribution < 1.29 is 4.74 Å². The zero-order valence-corrected chi connectivity index (χ0v) is 18.2. The Labute approximate surface area is 180 Å². The van der Waals surface area contributed by atoms with Gasteiger partial charge in [0.1, 0.15) is 18.1 Å². The summed E-state index contributed by atoms with van der Waals surface area (Å²) < 4.78 is 9.82. The summed E-state index contributed by atoms with van der Waals surface area (Å²) in [5.74, 6) is 2.19. The summed E-state index contributed by atoms with van der Waals surface area (Å²) in [5, 5.41) is 12.2. The van der Waals surface area contributed by atoms with Gasteiger partial charge in [-0.15, -0.1) is 0 Å². The van der Waals surface area contributed by atoms with E-state index in [-0.39, 0.29) is 0 Å². The zero-order chi connectivity index (χ0) is 21.5. The van der Waals surface area contributed by atoms with Gasteiger partial charge in [0.15, 0.2) is 11.6 Å². The van der Waals surface area contributed by atoms with E-state index in [0.29, 0.717) is 24.3 Å². The Bertz CT molecular complexity index is 1240. The van der Waals surface area contributed by atoms with Crippen LogP contribution >= 0.6 is 0 Å². The average molecular weight is 419 g/mol. The third-order valence-electron chi connectivity index (χ3n) is 5.96. The molecular weight excluding hydrogens is 392 g/mol. The Balaban J connectivity index is 1.40. The summed E-state index contributed by atoms with van der Waals surface area (Å²) in [5.41, 5.74) is 4.76. The third kappa shape index (κ3) is 3.72. The fraction of sp³-hybridized carbons (Fsp3) is 0.364. The van der Waals surface area contributed by atoms with Crippen molar-refractivity contribution in [1.29, 1.82) is 0 Å². The van der Waals surface area contributed by atoms with Gasteiger partial charge in [0.25, 0.3) is 0 Å². The molecule has 0 amide bonds. The molecule has 9 heteroatoms. The lowest BCUT2D eigenvalue weighted by atomic mass is 10.1. The molecular formula is C22H26N8O. The summed E-state index contributed by atoms with van der Waals surface area (Å²) in [6.45, 7) is 5.70. The number of likely N-dealkylation sites (N-methyl/N-ethyl adjacent to an activating group) is 1. The first-order valence-electron chi connectivity index (χ1n) is 10.4. The fourth-order valence-electron chi connectivity index (χ4n) is 3.75. The van der Waals surface area contributed by atoms with Crippen molar-refractivity contribution in [2.45, 2.75) is 26.3 Å². The molecule has 0 spiro atoms. The van der Waals surface area contributed by atoms with Gasteiger partial charge < -0.3 is 10.1 Å². The van der Waals surface area contributed by atoms with Crippen LogP contribution in [-0.4, -0.2) is 60.5 Å². The smallest absolute Gasteiger partial charge is 0.165 e. The molecule has 31 heavy (non-hydrogen) atoms. The molecule has 0 radical (unpaired) electrons. The van der Waals surface area contributed by atoms with Gasteiger partial charge in [0, 0.05) is 30.9 Å². The van der Waals surface area contributed by atoms with Crippen LogP contribution in [-0.2, 0) is 7.05 Å². The van der Waals surface area contributed by atoms with E-state index in [0.717, 1.165) is 40.5 Å². The van der Waals surface area contributed by atoms with Gasteiger partial charge >= 0.3 is 0 Å². The number of aromatic nitrogens is 6. The molecule has 0 aromatic carbocycles. The molecule has 1 saturated heterocycles. The second-order valence-corrected chi connectivity index (χ2v) is 8.08. The summed E-state index contributed by atoms with van der Waals surface area (Å²) >= 11 is 0. The van der Waals surface area contributed by atoms with Gasteiger partial charge in [-0.25, -0.2) is 9.50 Å². The Hall–Kier alpha value is -3.46. The summed E-state index contributed by atoms with van der Waals surface area (Å²) in [4.78, 5) is 11.2. The van der Waals surface area contributed by atoms with E-state index in [1.165, 1.54) is 6.42 Å². The SMILES string of the molecule is Cc1ncc(Nc2cc3cc(-c4c(OC[C@H]5CCN5C)cnn4C)ccn3n2)nc1C. The maximum absolute atomic E-state index is 6.13. The molecule has 1 atom stereocenters. The number of nitrogens with one attached hydrogen (secondary N) is 1. The largest absolute Gasteiger partial charge is 0.488 e. The monoisotopic (exact) mass is 418 g/mol. The number of ether oxygens (including phenoxy) is 1. The van der Waals surface area contributed by atoms with Crippen molar-refractivity contribution in [2.75, 3.05) is 25.5 Å². The fourth-order valence-corrected chi connectivity index (χ4v) is 3.75. The lowest BCUT2D eigenvalue weighted by molar-refractivity contribution is 0.0771. The van der Waals surface area contributed by atoms with Crippen molar-refractivity contribution in [1.82, 2.24) is 34.3 Å². The lowest BCUT2D eigenvalue weighted by Crippen LogP contribution is -2.48. The molecule has 1 N–H and O–H groups in total. The van der Waals surface area contributed by atoms with Gasteiger partial charge in [-0.2, -0.15) is 10.2 Å². The molecule has 0 unspecified atom stereocenters. The zero-order valence-electron chi connectivity index (χ0n) is 18.2. The minimum atomic E-state index is 0.479. The first-order valence-corrected chi connectivity index (χ1v) is 10.4. The Morgan fingerprint density at radius 1 is 1.13 bits per heavy atom. The second kappa shape index (κ2) is 7.66. The minimum absolute atomic E-state index is 0.479. The summed E-state index contributed by atoms with van der Waals surface area (Å²) in [6, 6.07) is 6.58. The number of likely N-dealkylation sites (tertiary alicyclic amines) is 1. The van der Waals surface area contributed by atoms with E-state index in [9.17, 15) is 0 Å². The highest BCUT2D eigenvalue weighted by Crippen LogP contribution is 2.31. The van der Waals surface area contributed by atoms with Crippen molar-refractivity contribution in [3.05, 3.63) is 48.2 Å². The summed E-state index contributed by atoms with van der Waals surface area (Å²) in [7, 11) is 4.06. The lowest BCUT2D eigenvalue weighted by Gasteiger charge is -2.37. The molecule has 4 aromatic rings. The molecule has 0 bridgehead atoms. The van der Waals surface area contributed by atoms with E-state index in [1.54, 1.807) is 12.4 Å². The topological polar surface area (TPSA) is 85.4 Å². The Kier molecular flexibility index (Phi) is 4.82. The van der Waals surface area contributed by atoms with Crippen molar-refractivity contribution >= 4 is 17.2 Å². The molecule has 1 aliphatic heterocycles. The molecule has 160 valence electrons. The van der Waals surface area contributed by atoms with Gasteiger partial charge in [0.2, 0.25) is 0 Å². The van der Waals surface area contributed by atoms with Crippen LogP contribution in [0.3, 0.4) is 0 Å². The highest BCUT2D eigenvalue weighted by Gasteiger charge is 2.25. The van der Waals surface area contributed by atoms with Crippen molar-refractivity contribution in [2.24, 2.45) is 7.05 Å². The molecule has 5 heterocycles. The van der Waals surface area contributed by atoms with Crippen LogP contribution in [0.4, 0.5) is 11.6 Å². The second-order valence-electron chi connectivity index (χ2n) is 8.08. The third-order valence-corrected chi connectivity index (χ3v) is 5.96. The highest BCUT2D eigenvalue weighted by atomic mass is 16.5. The van der Waals surface area contributed by atoms with E-state index < -0.39 is 0 Å². The number of aryl methyl sites for hydroxylation is 3. The molecule has 0 saturated carbocycles. The van der Waals surface area contributed by atoms with Gasteiger partial charge in [-0.1, -0.05) is 0 Å². The normalized spacial score (nSPS) is 16.5. The van der Waals surface area contributed by atoms with Gasteiger partial charge in [-0.05, 0) is 46.0 Å². The van der Waals surface area contributed by atoms with E-state index in [2.05, 4.69) is 43.5 Å². The van der Waals surface area contributed by atoms with Crippen LogP contribution in [0.25, 0.3) is 16.8 Å². The average Bonchev–Trinajstić information content (AvgIpc) is 3.31. The minimum Gasteiger partial charge on any atom is -0.488 e. The van der Waals surface area contributed by atoms with E-state index >= 15 is 0 Å². The molecule has 0 aliphatic carbocycles. The van der Waals surface area contributed by atoms with Crippen LogP contribution in [0, 0.1) is 13.8 Å². The van der Waals surface area contributed by atoms with Crippen LogP contribution in [0.5, 0.6) is 5.75 Å². The highest BCUT2D eigenvalue weighted by molar-refractivity contribution is 5.72. The summed E-state index contributed by atoms with van der Waals surface area (Å²) in [6.07, 6.45) is 6.63. The molecule has 4 aromatic heterocycles. The van der Waals surface area contributed by atoms with Crippen molar-refractivity contribution in [3.63, 3.8) is 0 Å². The maximum Gasteiger partial charge on any atom is 0.165 e. The molecule has 1 aliphatic rings. The maximum atomic E-state index is 6.13. The molecule has 5 rings (SSSR count).